The summed E-state index contributed by atoms with van der Waals surface area (Å²) >= 11 is 5.41. The Bertz CT molecular complexity index is 283. The zero-order valence-electron chi connectivity index (χ0n) is 6.87. The molecule has 66 valence electrons. The van der Waals surface area contributed by atoms with Gasteiger partial charge in [0.1, 0.15) is 0 Å². The SMILES string of the molecule is Cc1csc(NC(=O)C(C)S)n1. The van der Waals surface area contributed by atoms with E-state index in [1.165, 1.54) is 11.3 Å². The second-order valence-corrected chi connectivity index (χ2v) is 4.09. The van der Waals surface area contributed by atoms with Gasteiger partial charge in [0.05, 0.1) is 10.9 Å². The summed E-state index contributed by atoms with van der Waals surface area (Å²) in [7, 11) is 0. The van der Waals surface area contributed by atoms with Crippen LogP contribution in [0, 0.1) is 6.92 Å². The summed E-state index contributed by atoms with van der Waals surface area (Å²) in [6.07, 6.45) is 0. The van der Waals surface area contributed by atoms with E-state index >= 15 is 0 Å². The minimum Gasteiger partial charge on any atom is -0.301 e. The Balaban J connectivity index is 2.58. The number of nitrogens with one attached hydrogen (secondary N) is 1. The molecule has 0 bridgehead atoms. The van der Waals surface area contributed by atoms with E-state index in [0.29, 0.717) is 5.13 Å². The first kappa shape index (κ1) is 9.54. The van der Waals surface area contributed by atoms with Gasteiger partial charge in [-0.2, -0.15) is 12.6 Å². The predicted octanol–water partition coefficient (Wildman–Crippen LogP) is 1.71. The number of anilines is 1. The number of rotatable bonds is 2. The summed E-state index contributed by atoms with van der Waals surface area (Å²) in [5.74, 6) is -0.118. The van der Waals surface area contributed by atoms with Crippen molar-refractivity contribution in [2.75, 3.05) is 5.32 Å². The number of aryl methyl sites for hydroxylation is 1. The average Bonchev–Trinajstić information content (AvgIpc) is 2.35. The maximum Gasteiger partial charge on any atom is 0.238 e. The van der Waals surface area contributed by atoms with Crippen LogP contribution < -0.4 is 5.32 Å². The molecule has 5 heteroatoms. The molecule has 0 aromatic carbocycles. The summed E-state index contributed by atoms with van der Waals surface area (Å²) < 4.78 is 0. The van der Waals surface area contributed by atoms with Gasteiger partial charge in [0, 0.05) is 5.38 Å². The molecule has 0 radical (unpaired) electrons. The first-order valence-corrected chi connectivity index (χ1v) is 4.90. The number of carbonyl (C=O) groups is 1. The quantitative estimate of drug-likeness (QED) is 0.717. The van der Waals surface area contributed by atoms with E-state index in [2.05, 4.69) is 22.9 Å². The zero-order valence-corrected chi connectivity index (χ0v) is 8.58. The van der Waals surface area contributed by atoms with Gasteiger partial charge in [-0.3, -0.25) is 4.79 Å². The van der Waals surface area contributed by atoms with Gasteiger partial charge in [-0.05, 0) is 13.8 Å². The van der Waals surface area contributed by atoms with Crippen LogP contribution >= 0.6 is 24.0 Å². The van der Waals surface area contributed by atoms with Crippen LogP contribution in [0.5, 0.6) is 0 Å². The van der Waals surface area contributed by atoms with Crippen molar-refractivity contribution in [3.8, 4) is 0 Å². The number of thiol groups is 1. The molecule has 1 amide bonds. The fraction of sp³-hybridized carbons (Fsp3) is 0.429. The fourth-order valence-corrected chi connectivity index (χ4v) is 1.38. The average molecular weight is 202 g/mol. The van der Waals surface area contributed by atoms with E-state index in [-0.39, 0.29) is 11.2 Å². The highest BCUT2D eigenvalue weighted by molar-refractivity contribution is 7.81. The van der Waals surface area contributed by atoms with Gasteiger partial charge in [-0.1, -0.05) is 0 Å². The second kappa shape index (κ2) is 3.91. The molecule has 1 heterocycles. The van der Waals surface area contributed by atoms with Gasteiger partial charge in [0.25, 0.3) is 0 Å². The molecule has 0 aliphatic rings. The molecule has 1 rings (SSSR count). The molecular formula is C7H10N2OS2. The van der Waals surface area contributed by atoms with Crippen LogP contribution in [0.3, 0.4) is 0 Å². The monoisotopic (exact) mass is 202 g/mol. The van der Waals surface area contributed by atoms with Crippen molar-refractivity contribution in [3.05, 3.63) is 11.1 Å². The van der Waals surface area contributed by atoms with Crippen molar-refractivity contribution in [1.82, 2.24) is 4.98 Å². The first-order chi connectivity index (χ1) is 5.59. The smallest absolute Gasteiger partial charge is 0.238 e. The molecule has 0 aliphatic carbocycles. The van der Waals surface area contributed by atoms with E-state index in [9.17, 15) is 4.79 Å². The zero-order chi connectivity index (χ0) is 9.14. The van der Waals surface area contributed by atoms with Crippen LogP contribution in [-0.4, -0.2) is 16.1 Å². The third kappa shape index (κ3) is 2.49. The van der Waals surface area contributed by atoms with Crippen LogP contribution in [0.15, 0.2) is 5.38 Å². The van der Waals surface area contributed by atoms with Crippen LogP contribution in [0.4, 0.5) is 5.13 Å². The van der Waals surface area contributed by atoms with Crippen molar-refractivity contribution in [2.45, 2.75) is 19.1 Å². The standard InChI is InChI=1S/C7H10N2OS2/c1-4-3-12-7(8-4)9-6(10)5(2)11/h3,5,11H,1-2H3,(H,8,9,10). The Morgan fingerprint density at radius 1 is 1.83 bits per heavy atom. The molecule has 1 aromatic rings. The van der Waals surface area contributed by atoms with E-state index in [1.807, 2.05) is 12.3 Å². The van der Waals surface area contributed by atoms with Gasteiger partial charge in [0.15, 0.2) is 5.13 Å². The van der Waals surface area contributed by atoms with Crippen LogP contribution in [0.25, 0.3) is 0 Å². The number of carbonyl (C=O) groups excluding carboxylic acids is 1. The number of aromatic nitrogens is 1. The van der Waals surface area contributed by atoms with Crippen molar-refractivity contribution in [3.63, 3.8) is 0 Å². The normalized spacial score (nSPS) is 12.6. The van der Waals surface area contributed by atoms with Gasteiger partial charge in [-0.25, -0.2) is 4.98 Å². The first-order valence-electron chi connectivity index (χ1n) is 3.50. The maximum absolute atomic E-state index is 11.1. The van der Waals surface area contributed by atoms with E-state index < -0.39 is 0 Å². The Morgan fingerprint density at radius 2 is 2.50 bits per heavy atom. The highest BCUT2D eigenvalue weighted by Gasteiger charge is 2.09. The molecule has 1 N–H and O–H groups in total. The third-order valence-electron chi connectivity index (χ3n) is 1.23. The minimum atomic E-state index is -0.297. The summed E-state index contributed by atoms with van der Waals surface area (Å²) in [6.45, 7) is 3.61. The fourth-order valence-electron chi connectivity index (χ4n) is 0.621. The lowest BCUT2D eigenvalue weighted by Gasteiger charge is -2.02. The predicted molar refractivity (Wildman–Crippen MR) is 53.9 cm³/mol. The largest absolute Gasteiger partial charge is 0.301 e. The lowest BCUT2D eigenvalue weighted by Crippen LogP contribution is -2.20. The minimum absolute atomic E-state index is 0.118. The van der Waals surface area contributed by atoms with Gasteiger partial charge >= 0.3 is 0 Å². The van der Waals surface area contributed by atoms with Gasteiger partial charge in [0.2, 0.25) is 5.91 Å². The number of thiazole rings is 1. The number of nitrogens with zero attached hydrogens (tertiary/aromatic N) is 1. The summed E-state index contributed by atoms with van der Waals surface area (Å²) in [4.78, 5) is 15.2. The molecule has 0 spiro atoms. The second-order valence-electron chi connectivity index (χ2n) is 2.46. The van der Waals surface area contributed by atoms with Crippen LogP contribution in [0.2, 0.25) is 0 Å². The van der Waals surface area contributed by atoms with Crippen LogP contribution in [-0.2, 0) is 4.79 Å². The Hall–Kier alpha value is -0.550. The highest BCUT2D eigenvalue weighted by atomic mass is 32.1. The summed E-state index contributed by atoms with van der Waals surface area (Å²) in [5.41, 5.74) is 0.919. The highest BCUT2D eigenvalue weighted by Crippen LogP contribution is 2.14. The van der Waals surface area contributed by atoms with E-state index in [0.717, 1.165) is 5.69 Å². The van der Waals surface area contributed by atoms with Crippen molar-refractivity contribution in [1.29, 1.82) is 0 Å². The Morgan fingerprint density at radius 3 is 2.92 bits per heavy atom. The van der Waals surface area contributed by atoms with Crippen molar-refractivity contribution in [2.24, 2.45) is 0 Å². The molecular weight excluding hydrogens is 192 g/mol. The summed E-state index contributed by atoms with van der Waals surface area (Å²) in [6, 6.07) is 0. The number of hydrogen-bond acceptors (Lipinski definition) is 4. The lowest BCUT2D eigenvalue weighted by atomic mass is 10.4. The van der Waals surface area contributed by atoms with Crippen molar-refractivity contribution < 1.29 is 4.79 Å². The van der Waals surface area contributed by atoms with E-state index in [4.69, 9.17) is 0 Å². The van der Waals surface area contributed by atoms with Crippen LogP contribution in [0.1, 0.15) is 12.6 Å². The topological polar surface area (TPSA) is 42.0 Å². The van der Waals surface area contributed by atoms with Gasteiger partial charge in [-0.15, -0.1) is 11.3 Å². The Kier molecular flexibility index (Phi) is 3.11. The molecule has 1 atom stereocenters. The molecule has 12 heavy (non-hydrogen) atoms. The molecule has 0 aliphatic heterocycles. The molecule has 0 saturated heterocycles. The number of hydrogen-bond donors (Lipinski definition) is 2. The van der Waals surface area contributed by atoms with Gasteiger partial charge < -0.3 is 5.32 Å². The van der Waals surface area contributed by atoms with E-state index in [1.54, 1.807) is 6.92 Å². The maximum atomic E-state index is 11.1. The Labute approximate surface area is 80.6 Å². The molecule has 3 nitrogen and oxygen atoms in total. The molecule has 1 aromatic heterocycles. The molecule has 0 fully saturated rings. The molecule has 0 saturated carbocycles. The summed E-state index contributed by atoms with van der Waals surface area (Å²) in [5, 5.41) is 4.88. The number of amides is 1. The lowest BCUT2D eigenvalue weighted by molar-refractivity contribution is -0.115. The third-order valence-corrected chi connectivity index (χ3v) is 2.34. The van der Waals surface area contributed by atoms with Crippen molar-refractivity contribution >= 4 is 35.0 Å². The molecule has 1 unspecified atom stereocenters.